The fourth-order valence-electron chi connectivity index (χ4n) is 4.11. The molecule has 0 bridgehead atoms. The van der Waals surface area contributed by atoms with Crippen molar-refractivity contribution in [3.63, 3.8) is 0 Å². The van der Waals surface area contributed by atoms with Crippen LogP contribution >= 0.6 is 0 Å². The van der Waals surface area contributed by atoms with Crippen molar-refractivity contribution in [2.24, 2.45) is 5.92 Å². The summed E-state index contributed by atoms with van der Waals surface area (Å²) in [6.45, 7) is 7.59. The fraction of sp³-hybridized carbons (Fsp3) is 0.481. The Kier molecular flexibility index (Phi) is 9.28. The number of carbonyl (C=O) groups excluding carboxylic acids is 1. The van der Waals surface area contributed by atoms with E-state index in [0.29, 0.717) is 5.56 Å². The van der Waals surface area contributed by atoms with Gasteiger partial charge >= 0.3 is 0 Å². The Balaban J connectivity index is 1.97. The second kappa shape index (κ2) is 11.7. The first-order chi connectivity index (χ1) is 15.3. The molecular weight excluding hydrogens is 400 g/mol. The van der Waals surface area contributed by atoms with Crippen LogP contribution in [0.1, 0.15) is 55.1 Å². The Hall–Kier alpha value is -2.84. The number of rotatable bonds is 12. The summed E-state index contributed by atoms with van der Waals surface area (Å²) in [6, 6.07) is 16.2. The largest absolute Gasteiger partial charge is 0.493 e. The van der Waals surface area contributed by atoms with Crippen molar-refractivity contribution in [3.05, 3.63) is 59.2 Å². The number of Topliss-reactive ketones (excluding diaryl/α,β-unsaturated/α-hetero) is 1. The van der Waals surface area contributed by atoms with Gasteiger partial charge in [-0.3, -0.25) is 4.79 Å². The third-order valence-electron chi connectivity index (χ3n) is 6.33. The van der Waals surface area contributed by atoms with Gasteiger partial charge in [0.25, 0.3) is 0 Å². The molecule has 0 saturated carbocycles. The first kappa shape index (κ1) is 25.4. The van der Waals surface area contributed by atoms with E-state index in [2.05, 4.69) is 37.9 Å². The molecule has 0 aliphatic rings. The second-order valence-electron chi connectivity index (χ2n) is 8.72. The standard InChI is InChI=1S/C27H36N2O3/c1-20(2)27(19-28,24-11-9-23(10-12-24)21(3)30)15-7-16-29(4)17-14-22-8-13-25(31-5)26(18-22)32-6/h8-13,18,20H,7,14-17H2,1-6H3. The Bertz CT molecular complexity index is 931. The van der Waals surface area contributed by atoms with Crippen molar-refractivity contribution < 1.29 is 14.3 Å². The third-order valence-corrected chi connectivity index (χ3v) is 6.33. The normalized spacial score (nSPS) is 13.0. The first-order valence-corrected chi connectivity index (χ1v) is 11.2. The quantitative estimate of drug-likeness (QED) is 0.424. The van der Waals surface area contributed by atoms with Crippen LogP contribution < -0.4 is 9.47 Å². The first-order valence-electron chi connectivity index (χ1n) is 11.2. The maximum atomic E-state index is 11.6. The van der Waals surface area contributed by atoms with E-state index in [1.807, 2.05) is 36.4 Å². The number of methoxy groups -OCH3 is 2. The van der Waals surface area contributed by atoms with Crippen molar-refractivity contribution in [2.75, 3.05) is 34.4 Å². The molecule has 0 amide bonds. The van der Waals surface area contributed by atoms with Gasteiger partial charge in [0.1, 0.15) is 0 Å². The van der Waals surface area contributed by atoms with Crippen LogP contribution in [0.3, 0.4) is 0 Å². The van der Waals surface area contributed by atoms with E-state index in [9.17, 15) is 10.1 Å². The summed E-state index contributed by atoms with van der Waals surface area (Å²) in [4.78, 5) is 13.9. The van der Waals surface area contributed by atoms with Crippen molar-refractivity contribution in [1.82, 2.24) is 4.90 Å². The van der Waals surface area contributed by atoms with E-state index >= 15 is 0 Å². The summed E-state index contributed by atoms with van der Waals surface area (Å²) in [7, 11) is 5.41. The zero-order valence-electron chi connectivity index (χ0n) is 20.3. The van der Waals surface area contributed by atoms with Gasteiger partial charge in [0, 0.05) is 12.1 Å². The SMILES string of the molecule is COc1ccc(CCN(C)CCCC(C#N)(c2ccc(C(C)=O)cc2)C(C)C)cc1OC. The Morgan fingerprint density at radius 3 is 2.25 bits per heavy atom. The van der Waals surface area contributed by atoms with Gasteiger partial charge in [-0.2, -0.15) is 5.26 Å². The van der Waals surface area contributed by atoms with E-state index in [1.54, 1.807) is 21.1 Å². The third kappa shape index (κ3) is 6.11. The van der Waals surface area contributed by atoms with Crippen LogP contribution in [0, 0.1) is 17.2 Å². The van der Waals surface area contributed by atoms with Crippen molar-refractivity contribution in [3.8, 4) is 17.6 Å². The highest BCUT2D eigenvalue weighted by atomic mass is 16.5. The average molecular weight is 437 g/mol. The highest BCUT2D eigenvalue weighted by Gasteiger charge is 2.35. The summed E-state index contributed by atoms with van der Waals surface area (Å²) < 4.78 is 10.7. The Morgan fingerprint density at radius 1 is 1.06 bits per heavy atom. The van der Waals surface area contributed by atoms with Gasteiger partial charge in [0.2, 0.25) is 0 Å². The molecule has 2 rings (SSSR count). The zero-order valence-corrected chi connectivity index (χ0v) is 20.3. The maximum Gasteiger partial charge on any atom is 0.160 e. The number of ketones is 1. The molecule has 1 unspecified atom stereocenters. The topological polar surface area (TPSA) is 62.6 Å². The number of benzene rings is 2. The van der Waals surface area contributed by atoms with Crippen LogP contribution in [-0.2, 0) is 11.8 Å². The van der Waals surface area contributed by atoms with Crippen LogP contribution in [-0.4, -0.2) is 45.0 Å². The van der Waals surface area contributed by atoms with Gasteiger partial charge in [-0.05, 0) is 69.0 Å². The highest BCUT2D eigenvalue weighted by Crippen LogP contribution is 2.36. The molecule has 32 heavy (non-hydrogen) atoms. The van der Waals surface area contributed by atoms with Crippen LogP contribution in [0.4, 0.5) is 0 Å². The highest BCUT2D eigenvalue weighted by molar-refractivity contribution is 5.94. The number of ether oxygens (including phenoxy) is 2. The summed E-state index contributed by atoms with van der Waals surface area (Å²) >= 11 is 0. The molecule has 5 nitrogen and oxygen atoms in total. The molecular formula is C27H36N2O3. The average Bonchev–Trinajstić information content (AvgIpc) is 2.80. The molecule has 0 aliphatic heterocycles. The summed E-state index contributed by atoms with van der Waals surface area (Å²) in [5.41, 5.74) is 2.32. The van der Waals surface area contributed by atoms with Gasteiger partial charge in [0.05, 0.1) is 25.7 Å². The maximum absolute atomic E-state index is 11.6. The molecule has 0 N–H and O–H groups in total. The minimum absolute atomic E-state index is 0.0414. The van der Waals surface area contributed by atoms with Crippen LogP contribution in [0.15, 0.2) is 42.5 Å². The lowest BCUT2D eigenvalue weighted by molar-refractivity contribution is 0.101. The van der Waals surface area contributed by atoms with Gasteiger partial charge in [-0.25, -0.2) is 0 Å². The number of nitrogens with zero attached hydrogens (tertiary/aromatic N) is 2. The van der Waals surface area contributed by atoms with Crippen molar-refractivity contribution >= 4 is 5.78 Å². The molecule has 1 atom stereocenters. The zero-order chi connectivity index (χ0) is 23.7. The summed E-state index contributed by atoms with van der Waals surface area (Å²) in [5.74, 6) is 1.70. The molecule has 0 aromatic heterocycles. The lowest BCUT2D eigenvalue weighted by atomic mass is 9.69. The van der Waals surface area contributed by atoms with E-state index in [4.69, 9.17) is 9.47 Å². The Labute approximate surface area is 193 Å². The van der Waals surface area contributed by atoms with E-state index in [-0.39, 0.29) is 11.7 Å². The van der Waals surface area contributed by atoms with Crippen LogP contribution in [0.25, 0.3) is 0 Å². The molecule has 172 valence electrons. The lowest BCUT2D eigenvalue weighted by Gasteiger charge is -2.32. The van der Waals surface area contributed by atoms with Crippen LogP contribution in [0.2, 0.25) is 0 Å². The molecule has 0 heterocycles. The van der Waals surface area contributed by atoms with E-state index in [0.717, 1.165) is 49.4 Å². The number of hydrogen-bond donors (Lipinski definition) is 0. The minimum Gasteiger partial charge on any atom is -0.493 e. The predicted molar refractivity (Wildman–Crippen MR) is 129 cm³/mol. The fourth-order valence-corrected chi connectivity index (χ4v) is 4.11. The van der Waals surface area contributed by atoms with Crippen molar-refractivity contribution in [2.45, 2.75) is 45.4 Å². The van der Waals surface area contributed by atoms with Crippen LogP contribution in [0.5, 0.6) is 11.5 Å². The molecule has 0 aliphatic carbocycles. The van der Waals surface area contributed by atoms with Crippen molar-refractivity contribution in [1.29, 1.82) is 5.26 Å². The Morgan fingerprint density at radius 2 is 1.72 bits per heavy atom. The minimum atomic E-state index is -0.556. The van der Waals surface area contributed by atoms with E-state index < -0.39 is 5.41 Å². The molecule has 0 saturated heterocycles. The summed E-state index contributed by atoms with van der Waals surface area (Å²) in [5, 5.41) is 10.1. The summed E-state index contributed by atoms with van der Waals surface area (Å²) in [6.07, 6.45) is 2.61. The van der Waals surface area contributed by atoms with Gasteiger partial charge in [-0.15, -0.1) is 0 Å². The lowest BCUT2D eigenvalue weighted by Crippen LogP contribution is -2.32. The van der Waals surface area contributed by atoms with Gasteiger partial charge in [-0.1, -0.05) is 44.2 Å². The number of likely N-dealkylation sites (N-methyl/N-ethyl adjacent to an activating group) is 1. The number of nitriles is 1. The number of carbonyl (C=O) groups is 1. The molecule has 5 heteroatoms. The molecule has 0 spiro atoms. The predicted octanol–water partition coefficient (Wildman–Crippen LogP) is 5.28. The molecule has 2 aromatic rings. The van der Waals surface area contributed by atoms with Gasteiger partial charge < -0.3 is 14.4 Å². The van der Waals surface area contributed by atoms with E-state index in [1.165, 1.54) is 5.56 Å². The van der Waals surface area contributed by atoms with Gasteiger partial charge in [0.15, 0.2) is 17.3 Å². The smallest absolute Gasteiger partial charge is 0.160 e. The molecule has 0 fully saturated rings. The number of hydrogen-bond acceptors (Lipinski definition) is 5. The monoisotopic (exact) mass is 436 g/mol. The molecule has 0 radical (unpaired) electrons. The second-order valence-corrected chi connectivity index (χ2v) is 8.72. The molecule has 2 aromatic carbocycles.